The third-order valence-electron chi connectivity index (χ3n) is 3.73. The molecule has 1 N–H and O–H groups in total. The number of hydrogen-bond donors (Lipinski definition) is 1. The van der Waals surface area contributed by atoms with Gasteiger partial charge in [0.05, 0.1) is 20.3 Å². The molecule has 2 aromatic rings. The number of aromatic nitrogens is 2. The van der Waals surface area contributed by atoms with Gasteiger partial charge in [-0.2, -0.15) is 9.97 Å². The van der Waals surface area contributed by atoms with Gasteiger partial charge in [0, 0.05) is 31.5 Å². The van der Waals surface area contributed by atoms with Gasteiger partial charge in [0.15, 0.2) is 0 Å². The van der Waals surface area contributed by atoms with Crippen LogP contribution >= 0.6 is 0 Å². The number of urea groups is 1. The van der Waals surface area contributed by atoms with Crippen LogP contribution in [0.15, 0.2) is 30.3 Å². The second kappa shape index (κ2) is 6.61. The lowest BCUT2D eigenvalue weighted by Gasteiger charge is -2.17. The minimum absolute atomic E-state index is 0.00792. The van der Waals surface area contributed by atoms with E-state index in [4.69, 9.17) is 9.47 Å². The Hall–Kier alpha value is -3.03. The number of nitrogens with zero attached hydrogens (tertiary/aromatic N) is 4. The summed E-state index contributed by atoms with van der Waals surface area (Å²) in [6.07, 6.45) is 0. The van der Waals surface area contributed by atoms with Crippen LogP contribution in [0.25, 0.3) is 0 Å². The Labute approximate surface area is 140 Å². The van der Waals surface area contributed by atoms with Crippen LogP contribution in [0.4, 0.5) is 22.1 Å². The summed E-state index contributed by atoms with van der Waals surface area (Å²) in [7, 11) is 4.85. The predicted molar refractivity (Wildman–Crippen MR) is 90.2 cm³/mol. The summed E-state index contributed by atoms with van der Waals surface area (Å²) in [6.45, 7) is 1.38. The van der Waals surface area contributed by atoms with Crippen LogP contribution in [0.3, 0.4) is 0 Å². The van der Waals surface area contributed by atoms with Crippen molar-refractivity contribution in [2.75, 3.05) is 44.6 Å². The van der Waals surface area contributed by atoms with E-state index in [-0.39, 0.29) is 6.03 Å². The molecule has 1 aromatic heterocycles. The minimum atomic E-state index is -0.00792. The predicted octanol–water partition coefficient (Wildman–Crippen LogP) is 2.11. The Bertz CT molecular complexity index is 730. The highest BCUT2D eigenvalue weighted by molar-refractivity contribution is 5.94. The molecular weight excluding hydrogens is 310 g/mol. The third kappa shape index (κ3) is 3.17. The Kier molecular flexibility index (Phi) is 4.37. The summed E-state index contributed by atoms with van der Waals surface area (Å²) in [5.41, 5.74) is 1.59. The number of rotatable bonds is 5. The maximum Gasteiger partial charge on any atom is 0.324 e. The van der Waals surface area contributed by atoms with Crippen LogP contribution in [-0.4, -0.2) is 55.3 Å². The molecule has 1 saturated heterocycles. The van der Waals surface area contributed by atoms with Gasteiger partial charge in [0.2, 0.25) is 17.7 Å². The summed E-state index contributed by atoms with van der Waals surface area (Å²) in [4.78, 5) is 24.0. The lowest BCUT2D eigenvalue weighted by Crippen LogP contribution is -2.29. The molecule has 3 rings (SSSR count). The minimum Gasteiger partial charge on any atom is -0.481 e. The zero-order valence-electron chi connectivity index (χ0n) is 13.8. The Balaban J connectivity index is 1.84. The molecule has 1 aromatic carbocycles. The van der Waals surface area contributed by atoms with E-state index in [1.54, 1.807) is 22.9 Å². The van der Waals surface area contributed by atoms with Gasteiger partial charge in [-0.1, -0.05) is 6.07 Å². The van der Waals surface area contributed by atoms with E-state index in [1.165, 1.54) is 14.2 Å². The van der Waals surface area contributed by atoms with Crippen LogP contribution in [0.1, 0.15) is 0 Å². The van der Waals surface area contributed by atoms with Crippen LogP contribution in [-0.2, 0) is 0 Å². The first-order chi connectivity index (χ1) is 11.6. The SMILES string of the molecule is COc1cc(OC)nc(Nc2cccc(N3CCN(C)C3=O)c2)n1. The molecule has 126 valence electrons. The fourth-order valence-electron chi connectivity index (χ4n) is 2.44. The van der Waals surface area contributed by atoms with Gasteiger partial charge in [0.25, 0.3) is 0 Å². The number of benzene rings is 1. The normalized spacial score (nSPS) is 14.0. The van der Waals surface area contributed by atoms with Crippen molar-refractivity contribution in [1.29, 1.82) is 0 Å². The molecule has 0 atom stereocenters. The lowest BCUT2D eigenvalue weighted by molar-refractivity contribution is 0.229. The zero-order valence-corrected chi connectivity index (χ0v) is 13.8. The Morgan fingerprint density at radius 3 is 2.38 bits per heavy atom. The number of hydrogen-bond acceptors (Lipinski definition) is 6. The Morgan fingerprint density at radius 1 is 1.08 bits per heavy atom. The first-order valence-electron chi connectivity index (χ1n) is 7.47. The highest BCUT2D eigenvalue weighted by Gasteiger charge is 2.26. The highest BCUT2D eigenvalue weighted by Crippen LogP contribution is 2.25. The Morgan fingerprint density at radius 2 is 1.79 bits per heavy atom. The standard InChI is InChI=1S/C16H19N5O3/c1-20-7-8-21(16(20)22)12-6-4-5-11(9-12)17-15-18-13(23-2)10-14(19-15)24-3/h4-6,9-10H,7-8H2,1-3H3,(H,17,18,19). The topological polar surface area (TPSA) is 79.8 Å². The quantitative estimate of drug-likeness (QED) is 0.905. The molecule has 0 aliphatic carbocycles. The number of anilines is 3. The van der Waals surface area contributed by atoms with Crippen molar-refractivity contribution in [2.45, 2.75) is 0 Å². The smallest absolute Gasteiger partial charge is 0.324 e. The molecule has 1 fully saturated rings. The molecule has 1 aliphatic rings. The van der Waals surface area contributed by atoms with Gasteiger partial charge in [-0.05, 0) is 18.2 Å². The molecule has 0 unspecified atom stereocenters. The van der Waals surface area contributed by atoms with Gasteiger partial charge < -0.3 is 19.7 Å². The van der Waals surface area contributed by atoms with E-state index in [2.05, 4.69) is 15.3 Å². The molecule has 8 nitrogen and oxygen atoms in total. The van der Waals surface area contributed by atoms with Crippen molar-refractivity contribution in [2.24, 2.45) is 0 Å². The van der Waals surface area contributed by atoms with Crippen molar-refractivity contribution in [3.8, 4) is 11.8 Å². The molecule has 1 aliphatic heterocycles. The van der Waals surface area contributed by atoms with Crippen molar-refractivity contribution in [3.05, 3.63) is 30.3 Å². The van der Waals surface area contributed by atoms with Crippen molar-refractivity contribution in [3.63, 3.8) is 0 Å². The van der Waals surface area contributed by atoms with Crippen LogP contribution < -0.4 is 19.7 Å². The van der Waals surface area contributed by atoms with E-state index < -0.39 is 0 Å². The lowest BCUT2D eigenvalue weighted by atomic mass is 10.2. The molecular formula is C16H19N5O3. The fourth-order valence-corrected chi connectivity index (χ4v) is 2.44. The van der Waals surface area contributed by atoms with Gasteiger partial charge >= 0.3 is 6.03 Å². The second-order valence-corrected chi connectivity index (χ2v) is 5.31. The van der Waals surface area contributed by atoms with E-state index in [0.717, 1.165) is 11.4 Å². The number of likely N-dealkylation sites (N-methyl/N-ethyl adjacent to an activating group) is 1. The van der Waals surface area contributed by atoms with E-state index >= 15 is 0 Å². The zero-order chi connectivity index (χ0) is 17.1. The van der Waals surface area contributed by atoms with Crippen LogP contribution in [0.5, 0.6) is 11.8 Å². The largest absolute Gasteiger partial charge is 0.481 e. The number of carbonyl (C=O) groups is 1. The van der Waals surface area contributed by atoms with E-state index in [1.807, 2.05) is 24.3 Å². The first-order valence-corrected chi connectivity index (χ1v) is 7.47. The first kappa shape index (κ1) is 15.9. The van der Waals surface area contributed by atoms with Crippen molar-refractivity contribution < 1.29 is 14.3 Å². The third-order valence-corrected chi connectivity index (χ3v) is 3.73. The molecule has 0 spiro atoms. The van der Waals surface area contributed by atoms with Gasteiger partial charge in [0.1, 0.15) is 0 Å². The number of methoxy groups -OCH3 is 2. The maximum atomic E-state index is 12.1. The summed E-state index contributed by atoms with van der Waals surface area (Å²) >= 11 is 0. The average Bonchev–Trinajstić information content (AvgIpc) is 2.94. The molecule has 2 amide bonds. The summed E-state index contributed by atoms with van der Waals surface area (Å²) in [5, 5.41) is 3.11. The van der Waals surface area contributed by atoms with Crippen LogP contribution in [0, 0.1) is 0 Å². The molecule has 0 bridgehead atoms. The maximum absolute atomic E-state index is 12.1. The fraction of sp³-hybridized carbons (Fsp3) is 0.312. The van der Waals surface area contributed by atoms with Gasteiger partial charge in [-0.25, -0.2) is 4.79 Å². The monoisotopic (exact) mass is 329 g/mol. The number of amides is 2. The highest BCUT2D eigenvalue weighted by atomic mass is 16.5. The van der Waals surface area contributed by atoms with Gasteiger partial charge in [-0.3, -0.25) is 4.90 Å². The molecule has 8 heteroatoms. The number of carbonyl (C=O) groups excluding carboxylic acids is 1. The van der Waals surface area contributed by atoms with Gasteiger partial charge in [-0.15, -0.1) is 0 Å². The van der Waals surface area contributed by atoms with Crippen LogP contribution in [0.2, 0.25) is 0 Å². The molecule has 0 saturated carbocycles. The van der Waals surface area contributed by atoms with E-state index in [9.17, 15) is 4.79 Å². The average molecular weight is 329 g/mol. The number of ether oxygens (including phenoxy) is 2. The summed E-state index contributed by atoms with van der Waals surface area (Å²) in [5.74, 6) is 1.15. The second-order valence-electron chi connectivity index (χ2n) is 5.31. The molecule has 24 heavy (non-hydrogen) atoms. The van der Waals surface area contributed by atoms with E-state index in [0.29, 0.717) is 30.8 Å². The molecule has 0 radical (unpaired) electrons. The number of nitrogens with one attached hydrogen (secondary N) is 1. The molecule has 2 heterocycles. The van der Waals surface area contributed by atoms with Crippen molar-refractivity contribution >= 4 is 23.4 Å². The van der Waals surface area contributed by atoms with Crippen molar-refractivity contribution in [1.82, 2.24) is 14.9 Å². The summed E-state index contributed by atoms with van der Waals surface area (Å²) < 4.78 is 10.3. The summed E-state index contributed by atoms with van der Waals surface area (Å²) in [6, 6.07) is 9.12.